The molecule has 1 aromatic rings. The van der Waals surface area contributed by atoms with Crippen LogP contribution in [0, 0.1) is 18.8 Å². The Morgan fingerprint density at radius 2 is 2.19 bits per heavy atom. The smallest absolute Gasteiger partial charge is 0.0553 e. The van der Waals surface area contributed by atoms with Crippen molar-refractivity contribution in [2.45, 2.75) is 13.3 Å². The fourth-order valence-electron chi connectivity index (χ4n) is 2.92. The number of pyridine rings is 1. The summed E-state index contributed by atoms with van der Waals surface area (Å²) in [5.41, 5.74) is 2.39. The lowest BCUT2D eigenvalue weighted by Crippen LogP contribution is -2.40. The lowest BCUT2D eigenvalue weighted by molar-refractivity contribution is 0.349. The largest absolute Gasteiger partial charge is 0.370 e. The van der Waals surface area contributed by atoms with E-state index in [1.165, 1.54) is 38.3 Å². The number of anilines is 1. The van der Waals surface area contributed by atoms with Gasteiger partial charge in [-0.2, -0.15) is 0 Å². The van der Waals surface area contributed by atoms with Gasteiger partial charge in [0.05, 0.1) is 11.9 Å². The summed E-state index contributed by atoms with van der Waals surface area (Å²) < 4.78 is 0. The summed E-state index contributed by atoms with van der Waals surface area (Å²) in [6, 6.07) is 4.30. The zero-order valence-electron chi connectivity index (χ0n) is 9.82. The van der Waals surface area contributed by atoms with Crippen molar-refractivity contribution in [2.24, 2.45) is 11.8 Å². The Kier molecular flexibility index (Phi) is 2.56. The number of fused-ring (bicyclic) bond motifs is 1. The van der Waals surface area contributed by atoms with Crippen molar-refractivity contribution >= 4 is 5.69 Å². The first-order valence-corrected chi connectivity index (χ1v) is 6.21. The fraction of sp³-hybridized carbons (Fsp3) is 0.615. The van der Waals surface area contributed by atoms with Gasteiger partial charge >= 0.3 is 0 Å². The minimum Gasteiger partial charge on any atom is -0.370 e. The number of aryl methyl sites for hydroxylation is 1. The summed E-state index contributed by atoms with van der Waals surface area (Å²) in [6.07, 6.45) is 3.34. The highest BCUT2D eigenvalue weighted by molar-refractivity contribution is 5.45. The van der Waals surface area contributed by atoms with Gasteiger partial charge in [0.25, 0.3) is 0 Å². The van der Waals surface area contributed by atoms with Gasteiger partial charge in [-0.25, -0.2) is 0 Å². The molecule has 2 fully saturated rings. The Labute approximate surface area is 96.9 Å². The standard InChI is InChI=1S/C13H19N3/c1-10-2-3-13(8-15-10)16-5-4-11-6-14-7-12(11)9-16/h2-3,8,11-12,14H,4-7,9H2,1H3/t11-,12-/m1/s1. The minimum absolute atomic E-state index is 0.843. The van der Waals surface area contributed by atoms with Crippen molar-refractivity contribution in [2.75, 3.05) is 31.1 Å². The third-order valence-electron chi connectivity index (χ3n) is 3.97. The lowest BCUT2D eigenvalue weighted by atomic mass is 9.88. The zero-order chi connectivity index (χ0) is 11.0. The van der Waals surface area contributed by atoms with E-state index >= 15 is 0 Å². The van der Waals surface area contributed by atoms with Crippen molar-refractivity contribution in [1.82, 2.24) is 10.3 Å². The first kappa shape index (κ1) is 10.1. The highest BCUT2D eigenvalue weighted by Crippen LogP contribution is 2.29. The Hall–Kier alpha value is -1.09. The molecule has 3 rings (SSSR count). The van der Waals surface area contributed by atoms with E-state index < -0.39 is 0 Å². The van der Waals surface area contributed by atoms with E-state index in [0.717, 1.165) is 17.5 Å². The van der Waals surface area contributed by atoms with Crippen molar-refractivity contribution < 1.29 is 0 Å². The average molecular weight is 217 g/mol. The van der Waals surface area contributed by atoms with E-state index in [0.29, 0.717) is 0 Å². The predicted molar refractivity (Wildman–Crippen MR) is 65.7 cm³/mol. The molecule has 0 spiro atoms. The molecule has 2 saturated heterocycles. The number of piperidine rings is 1. The predicted octanol–water partition coefficient (Wildman–Crippen LogP) is 1.44. The van der Waals surface area contributed by atoms with Crippen LogP contribution in [0.4, 0.5) is 5.69 Å². The van der Waals surface area contributed by atoms with Crippen LogP contribution in [-0.2, 0) is 0 Å². The molecule has 2 aliphatic heterocycles. The van der Waals surface area contributed by atoms with Crippen molar-refractivity contribution in [3.05, 3.63) is 24.0 Å². The molecule has 0 aromatic carbocycles. The first-order chi connectivity index (χ1) is 7.83. The van der Waals surface area contributed by atoms with Crippen LogP contribution in [0.5, 0.6) is 0 Å². The summed E-state index contributed by atoms with van der Waals surface area (Å²) in [7, 11) is 0. The van der Waals surface area contributed by atoms with E-state index in [1.54, 1.807) is 0 Å². The van der Waals surface area contributed by atoms with Gasteiger partial charge in [0.1, 0.15) is 0 Å². The molecule has 3 heterocycles. The highest BCUT2D eigenvalue weighted by atomic mass is 15.2. The second kappa shape index (κ2) is 4.06. The van der Waals surface area contributed by atoms with E-state index in [-0.39, 0.29) is 0 Å². The van der Waals surface area contributed by atoms with Gasteiger partial charge in [-0.3, -0.25) is 4.98 Å². The number of rotatable bonds is 1. The molecule has 0 radical (unpaired) electrons. The molecule has 0 aliphatic carbocycles. The van der Waals surface area contributed by atoms with E-state index in [2.05, 4.69) is 27.3 Å². The molecule has 0 amide bonds. The average Bonchev–Trinajstić information content (AvgIpc) is 2.77. The summed E-state index contributed by atoms with van der Waals surface area (Å²) in [5.74, 6) is 1.75. The van der Waals surface area contributed by atoms with Crippen LogP contribution >= 0.6 is 0 Å². The number of hydrogen-bond acceptors (Lipinski definition) is 3. The summed E-state index contributed by atoms with van der Waals surface area (Å²) in [5, 5.41) is 3.50. The maximum Gasteiger partial charge on any atom is 0.0553 e. The SMILES string of the molecule is Cc1ccc(N2CC[C@@H]3CNC[C@@H]3C2)cn1. The summed E-state index contributed by atoms with van der Waals surface area (Å²) in [4.78, 5) is 6.87. The molecule has 1 N–H and O–H groups in total. The normalized spacial score (nSPS) is 29.2. The van der Waals surface area contributed by atoms with Crippen LogP contribution in [0.3, 0.4) is 0 Å². The molecule has 16 heavy (non-hydrogen) atoms. The molecule has 3 nitrogen and oxygen atoms in total. The highest BCUT2D eigenvalue weighted by Gasteiger charge is 2.32. The van der Waals surface area contributed by atoms with Crippen LogP contribution in [0.2, 0.25) is 0 Å². The van der Waals surface area contributed by atoms with Gasteiger partial charge in [-0.05, 0) is 50.4 Å². The first-order valence-electron chi connectivity index (χ1n) is 6.21. The fourth-order valence-corrected chi connectivity index (χ4v) is 2.92. The van der Waals surface area contributed by atoms with Crippen molar-refractivity contribution in [1.29, 1.82) is 0 Å². The number of hydrogen-bond donors (Lipinski definition) is 1. The number of nitrogens with one attached hydrogen (secondary N) is 1. The summed E-state index contributed by atoms with van der Waals surface area (Å²) >= 11 is 0. The van der Waals surface area contributed by atoms with E-state index in [1.807, 2.05) is 13.1 Å². The zero-order valence-corrected chi connectivity index (χ0v) is 9.82. The lowest BCUT2D eigenvalue weighted by Gasteiger charge is -2.35. The van der Waals surface area contributed by atoms with Crippen LogP contribution in [0.25, 0.3) is 0 Å². The summed E-state index contributed by atoms with van der Waals surface area (Å²) in [6.45, 7) is 6.85. The Morgan fingerprint density at radius 3 is 3.00 bits per heavy atom. The molecule has 2 atom stereocenters. The van der Waals surface area contributed by atoms with E-state index in [4.69, 9.17) is 0 Å². The van der Waals surface area contributed by atoms with Gasteiger partial charge in [0, 0.05) is 18.8 Å². The van der Waals surface area contributed by atoms with Gasteiger partial charge in [0.15, 0.2) is 0 Å². The molecule has 86 valence electrons. The van der Waals surface area contributed by atoms with Gasteiger partial charge < -0.3 is 10.2 Å². The van der Waals surface area contributed by atoms with Gasteiger partial charge in [0.2, 0.25) is 0 Å². The molecule has 0 bridgehead atoms. The molecular formula is C13H19N3. The topological polar surface area (TPSA) is 28.2 Å². The number of nitrogens with zero attached hydrogens (tertiary/aromatic N) is 2. The van der Waals surface area contributed by atoms with Crippen LogP contribution < -0.4 is 10.2 Å². The Bertz CT molecular complexity index is 360. The Balaban J connectivity index is 1.74. The van der Waals surface area contributed by atoms with Crippen LogP contribution in [0.1, 0.15) is 12.1 Å². The molecule has 2 aliphatic rings. The third kappa shape index (κ3) is 1.80. The maximum absolute atomic E-state index is 4.38. The van der Waals surface area contributed by atoms with Crippen molar-refractivity contribution in [3.63, 3.8) is 0 Å². The second-order valence-electron chi connectivity index (χ2n) is 5.07. The molecule has 1 aromatic heterocycles. The minimum atomic E-state index is 0.843. The molecule has 3 heteroatoms. The van der Waals surface area contributed by atoms with Gasteiger partial charge in [-0.15, -0.1) is 0 Å². The van der Waals surface area contributed by atoms with Crippen LogP contribution in [-0.4, -0.2) is 31.2 Å². The third-order valence-corrected chi connectivity index (χ3v) is 3.97. The maximum atomic E-state index is 4.38. The Morgan fingerprint density at radius 1 is 1.31 bits per heavy atom. The molecule has 0 unspecified atom stereocenters. The number of aromatic nitrogens is 1. The quantitative estimate of drug-likeness (QED) is 0.771. The van der Waals surface area contributed by atoms with Crippen molar-refractivity contribution in [3.8, 4) is 0 Å². The van der Waals surface area contributed by atoms with Crippen LogP contribution in [0.15, 0.2) is 18.3 Å². The molecular weight excluding hydrogens is 198 g/mol. The second-order valence-corrected chi connectivity index (χ2v) is 5.07. The van der Waals surface area contributed by atoms with Gasteiger partial charge in [-0.1, -0.05) is 0 Å². The molecule has 0 saturated carbocycles. The monoisotopic (exact) mass is 217 g/mol. The van der Waals surface area contributed by atoms with E-state index in [9.17, 15) is 0 Å².